The SMILES string of the molecule is Cc1cc(C2=NOC(C)(c3cc(Cl)cc(Cl)c3)C2)ccc1C(=O)NC1(c2ccccn2)CC1. The van der Waals surface area contributed by atoms with Crippen LogP contribution in [-0.2, 0) is 16.0 Å². The Balaban J connectivity index is 1.33. The summed E-state index contributed by atoms with van der Waals surface area (Å²) in [5.74, 6) is -0.0924. The van der Waals surface area contributed by atoms with E-state index in [0.29, 0.717) is 22.0 Å². The zero-order valence-corrected chi connectivity index (χ0v) is 19.9. The first-order valence-corrected chi connectivity index (χ1v) is 11.6. The van der Waals surface area contributed by atoms with Crippen molar-refractivity contribution < 1.29 is 9.63 Å². The quantitative estimate of drug-likeness (QED) is 0.476. The monoisotopic (exact) mass is 479 g/mol. The van der Waals surface area contributed by atoms with Crippen molar-refractivity contribution in [2.45, 2.75) is 44.2 Å². The molecule has 1 aliphatic carbocycles. The van der Waals surface area contributed by atoms with Gasteiger partial charge in [-0.25, -0.2) is 0 Å². The lowest BCUT2D eigenvalue weighted by Gasteiger charge is -2.22. The third-order valence-electron chi connectivity index (χ3n) is 6.40. The molecule has 0 radical (unpaired) electrons. The highest BCUT2D eigenvalue weighted by molar-refractivity contribution is 6.34. The molecule has 1 aromatic heterocycles. The molecule has 7 heteroatoms. The molecule has 2 aromatic carbocycles. The van der Waals surface area contributed by atoms with Gasteiger partial charge in [-0.15, -0.1) is 0 Å². The molecule has 1 saturated carbocycles. The second kappa shape index (κ2) is 8.15. The minimum atomic E-state index is -0.658. The molecule has 1 atom stereocenters. The number of pyridine rings is 1. The van der Waals surface area contributed by atoms with Crippen LogP contribution in [-0.4, -0.2) is 16.6 Å². The summed E-state index contributed by atoms with van der Waals surface area (Å²) in [4.78, 5) is 23.3. The first-order chi connectivity index (χ1) is 15.8. The fourth-order valence-corrected chi connectivity index (χ4v) is 4.83. The Morgan fingerprint density at radius 3 is 2.45 bits per heavy atom. The number of carbonyl (C=O) groups excluding carboxylic acids is 1. The van der Waals surface area contributed by atoms with Crippen LogP contribution in [0.5, 0.6) is 0 Å². The van der Waals surface area contributed by atoms with E-state index in [1.165, 1.54) is 0 Å². The van der Waals surface area contributed by atoms with E-state index in [1.54, 1.807) is 12.3 Å². The van der Waals surface area contributed by atoms with Gasteiger partial charge in [0.1, 0.15) is 0 Å². The number of aryl methyl sites for hydroxylation is 1. The lowest BCUT2D eigenvalue weighted by molar-refractivity contribution is -0.00737. The van der Waals surface area contributed by atoms with E-state index < -0.39 is 5.60 Å². The van der Waals surface area contributed by atoms with E-state index in [0.717, 1.165) is 40.9 Å². The summed E-state index contributed by atoms with van der Waals surface area (Å²) in [6, 6.07) is 16.9. The first kappa shape index (κ1) is 21.9. The third kappa shape index (κ3) is 4.23. The molecule has 168 valence electrons. The van der Waals surface area contributed by atoms with Gasteiger partial charge < -0.3 is 10.2 Å². The van der Waals surface area contributed by atoms with Crippen molar-refractivity contribution in [2.24, 2.45) is 5.16 Å². The van der Waals surface area contributed by atoms with Gasteiger partial charge >= 0.3 is 0 Å². The van der Waals surface area contributed by atoms with Gasteiger partial charge in [0.2, 0.25) is 0 Å². The number of aromatic nitrogens is 1. The Labute approximate surface area is 202 Å². The summed E-state index contributed by atoms with van der Waals surface area (Å²) in [6.07, 6.45) is 4.12. The normalized spacial score (nSPS) is 20.7. The van der Waals surface area contributed by atoms with E-state index in [1.807, 2.05) is 62.4 Å². The molecule has 1 aliphatic heterocycles. The number of rotatable bonds is 5. The topological polar surface area (TPSA) is 63.6 Å². The number of hydrogen-bond acceptors (Lipinski definition) is 4. The van der Waals surface area contributed by atoms with Crippen molar-refractivity contribution in [2.75, 3.05) is 0 Å². The van der Waals surface area contributed by atoms with Crippen molar-refractivity contribution in [1.29, 1.82) is 0 Å². The molecule has 2 aliphatic rings. The van der Waals surface area contributed by atoms with Gasteiger partial charge in [-0.2, -0.15) is 0 Å². The highest BCUT2D eigenvalue weighted by Gasteiger charge is 2.47. The number of benzene rings is 2. The van der Waals surface area contributed by atoms with Gasteiger partial charge in [0.05, 0.1) is 16.9 Å². The lowest BCUT2D eigenvalue weighted by Crippen LogP contribution is -2.35. The maximum atomic E-state index is 13.1. The Morgan fingerprint density at radius 2 is 1.82 bits per heavy atom. The van der Waals surface area contributed by atoms with E-state index >= 15 is 0 Å². The van der Waals surface area contributed by atoms with E-state index in [-0.39, 0.29) is 11.4 Å². The molecule has 1 amide bonds. The molecule has 0 saturated heterocycles. The zero-order valence-electron chi connectivity index (χ0n) is 18.4. The number of amides is 1. The summed E-state index contributed by atoms with van der Waals surface area (Å²) in [5, 5.41) is 8.65. The Hall–Kier alpha value is -2.89. The summed E-state index contributed by atoms with van der Waals surface area (Å²) in [5.41, 5.74) is 4.03. The van der Waals surface area contributed by atoms with Gasteiger partial charge in [-0.05, 0) is 80.3 Å². The van der Waals surface area contributed by atoms with Crippen LogP contribution in [0.15, 0.2) is 65.9 Å². The van der Waals surface area contributed by atoms with Crippen molar-refractivity contribution in [3.8, 4) is 0 Å². The summed E-state index contributed by atoms with van der Waals surface area (Å²) >= 11 is 12.4. The molecular formula is C26H23Cl2N3O2. The molecular weight excluding hydrogens is 457 g/mol. The van der Waals surface area contributed by atoms with Crippen molar-refractivity contribution in [3.05, 3.63) is 98.8 Å². The molecule has 1 unspecified atom stereocenters. The second-order valence-corrected chi connectivity index (χ2v) is 9.85. The zero-order chi connectivity index (χ0) is 23.2. The van der Waals surface area contributed by atoms with Crippen molar-refractivity contribution in [3.63, 3.8) is 0 Å². The molecule has 1 N–H and O–H groups in total. The van der Waals surface area contributed by atoms with Crippen LogP contribution < -0.4 is 5.32 Å². The van der Waals surface area contributed by atoms with Crippen LogP contribution in [0.2, 0.25) is 10.0 Å². The average Bonchev–Trinajstić information content (AvgIpc) is 3.45. The Bertz CT molecular complexity index is 1250. The van der Waals surface area contributed by atoms with Crippen LogP contribution >= 0.6 is 23.2 Å². The third-order valence-corrected chi connectivity index (χ3v) is 6.83. The van der Waals surface area contributed by atoms with Gasteiger partial charge in [0, 0.05) is 33.8 Å². The van der Waals surface area contributed by atoms with Gasteiger partial charge in [0.25, 0.3) is 5.91 Å². The average molecular weight is 480 g/mol. The molecule has 5 nitrogen and oxygen atoms in total. The van der Waals surface area contributed by atoms with Crippen LogP contribution in [0.3, 0.4) is 0 Å². The van der Waals surface area contributed by atoms with E-state index in [4.69, 9.17) is 28.0 Å². The largest absolute Gasteiger partial charge is 0.384 e. The maximum absolute atomic E-state index is 13.1. The smallest absolute Gasteiger partial charge is 0.252 e. The molecule has 2 heterocycles. The molecule has 1 fully saturated rings. The van der Waals surface area contributed by atoms with Crippen molar-refractivity contribution in [1.82, 2.24) is 10.3 Å². The number of nitrogens with one attached hydrogen (secondary N) is 1. The predicted molar refractivity (Wildman–Crippen MR) is 130 cm³/mol. The maximum Gasteiger partial charge on any atom is 0.252 e. The van der Waals surface area contributed by atoms with Crippen LogP contribution in [0.4, 0.5) is 0 Å². The van der Waals surface area contributed by atoms with Crippen LogP contribution in [0.1, 0.15) is 58.9 Å². The number of carbonyl (C=O) groups is 1. The summed E-state index contributed by atoms with van der Waals surface area (Å²) in [6.45, 7) is 3.90. The van der Waals surface area contributed by atoms with E-state index in [2.05, 4.69) is 15.5 Å². The minimum absolute atomic E-state index is 0.0924. The summed E-state index contributed by atoms with van der Waals surface area (Å²) in [7, 11) is 0. The highest BCUT2D eigenvalue weighted by atomic mass is 35.5. The number of oxime groups is 1. The molecule has 33 heavy (non-hydrogen) atoms. The van der Waals surface area contributed by atoms with Gasteiger partial charge in [0.15, 0.2) is 5.60 Å². The molecule has 0 bridgehead atoms. The number of hydrogen-bond donors (Lipinski definition) is 1. The van der Waals surface area contributed by atoms with Crippen LogP contribution in [0.25, 0.3) is 0 Å². The standard InChI is InChI=1S/C26H23Cl2N3O2/c1-16-11-17(22-15-25(2,33-31-22)18-12-19(27)14-20(28)13-18)6-7-21(16)24(32)30-26(8-9-26)23-5-3-4-10-29-23/h3-7,10-14H,8-9,15H2,1-2H3,(H,30,32). The predicted octanol–water partition coefficient (Wildman–Crippen LogP) is 6.16. The fraction of sp³-hybridized carbons (Fsp3) is 0.269. The number of nitrogens with zero attached hydrogens (tertiary/aromatic N) is 2. The Morgan fingerprint density at radius 1 is 1.06 bits per heavy atom. The molecule has 5 rings (SSSR count). The first-order valence-electron chi connectivity index (χ1n) is 10.8. The number of halogens is 2. The van der Waals surface area contributed by atoms with Gasteiger partial charge in [-0.3, -0.25) is 9.78 Å². The van der Waals surface area contributed by atoms with Gasteiger partial charge in [-0.1, -0.05) is 40.5 Å². The highest BCUT2D eigenvalue weighted by Crippen LogP contribution is 2.44. The van der Waals surface area contributed by atoms with Crippen LogP contribution in [0, 0.1) is 6.92 Å². The minimum Gasteiger partial charge on any atom is -0.384 e. The van der Waals surface area contributed by atoms with Crippen molar-refractivity contribution >= 4 is 34.8 Å². The Kier molecular flexibility index (Phi) is 5.42. The van der Waals surface area contributed by atoms with E-state index in [9.17, 15) is 4.79 Å². The lowest BCUT2D eigenvalue weighted by atomic mass is 9.88. The molecule has 3 aromatic rings. The fourth-order valence-electron chi connectivity index (χ4n) is 4.31. The summed E-state index contributed by atoms with van der Waals surface area (Å²) < 4.78 is 0. The molecule has 0 spiro atoms. The second-order valence-electron chi connectivity index (χ2n) is 8.98.